The van der Waals surface area contributed by atoms with Gasteiger partial charge in [-0.2, -0.15) is 0 Å². The van der Waals surface area contributed by atoms with Gasteiger partial charge in [-0.3, -0.25) is 4.98 Å². The van der Waals surface area contributed by atoms with Crippen molar-refractivity contribution < 1.29 is 5.21 Å². The predicted molar refractivity (Wildman–Crippen MR) is 58.3 cm³/mol. The van der Waals surface area contributed by atoms with Gasteiger partial charge < -0.3 is 5.21 Å². The van der Waals surface area contributed by atoms with E-state index in [4.69, 9.17) is 5.21 Å². The first kappa shape index (κ1) is 11.4. The Kier molecular flexibility index (Phi) is 6.64. The summed E-state index contributed by atoms with van der Waals surface area (Å²) in [7, 11) is 0. The average molecular weight is 278 g/mol. The molecule has 0 unspecified atom stereocenters. The van der Waals surface area contributed by atoms with Gasteiger partial charge in [0.1, 0.15) is 0 Å². The summed E-state index contributed by atoms with van der Waals surface area (Å²) in [6.07, 6.45) is 2.97. The average Bonchev–Trinajstić information content (AvgIpc) is 2.13. The number of oxime groups is 1. The number of halogens is 1. The van der Waals surface area contributed by atoms with Gasteiger partial charge in [-0.1, -0.05) is 33.8 Å². The summed E-state index contributed by atoms with van der Waals surface area (Å²) in [5.74, 6) is 0. The Bertz CT molecular complexity index is 251. The van der Waals surface area contributed by atoms with E-state index in [9.17, 15) is 0 Å². The van der Waals surface area contributed by atoms with E-state index in [1.54, 1.807) is 6.20 Å². The van der Waals surface area contributed by atoms with Crippen LogP contribution in [0.2, 0.25) is 0 Å². The van der Waals surface area contributed by atoms with Crippen LogP contribution in [0.3, 0.4) is 0 Å². The summed E-state index contributed by atoms with van der Waals surface area (Å²) >= 11 is 2.15. The maximum Gasteiger partial charge on any atom is 0.0920 e. The highest BCUT2D eigenvalue weighted by atomic mass is 127. The highest BCUT2D eigenvalue weighted by molar-refractivity contribution is 14.1. The zero-order valence-corrected chi connectivity index (χ0v) is 9.19. The molecule has 0 bridgehead atoms. The Hall–Kier alpha value is -0.650. The summed E-state index contributed by atoms with van der Waals surface area (Å²) in [4.78, 5) is 5.93. The zero-order chi connectivity index (χ0) is 9.40. The van der Waals surface area contributed by atoms with Gasteiger partial charge >= 0.3 is 0 Å². The molecule has 1 aromatic heterocycles. The summed E-state index contributed by atoms with van der Waals surface area (Å²) in [5.41, 5.74) is 1.70. The Morgan fingerprint density at radius 3 is 2.75 bits per heavy atom. The van der Waals surface area contributed by atoms with Crippen molar-refractivity contribution in [3.8, 4) is 0 Å². The fourth-order valence-corrected chi connectivity index (χ4v) is 0.688. The molecular formula is C8H11IN2O. The lowest BCUT2D eigenvalue weighted by Crippen LogP contribution is -1.89. The number of hydrogen-bond acceptors (Lipinski definition) is 3. The third-order valence-corrected chi connectivity index (χ3v) is 1.23. The Morgan fingerprint density at radius 2 is 2.25 bits per heavy atom. The topological polar surface area (TPSA) is 45.5 Å². The fraction of sp³-hybridized carbons (Fsp3) is 0.250. The van der Waals surface area contributed by atoms with Crippen molar-refractivity contribution in [1.29, 1.82) is 0 Å². The molecule has 4 heteroatoms. The van der Waals surface area contributed by atoms with Crippen molar-refractivity contribution in [2.24, 2.45) is 5.16 Å². The predicted octanol–water partition coefficient (Wildman–Crippen LogP) is 2.25. The van der Waals surface area contributed by atoms with E-state index >= 15 is 0 Å². The number of aromatic nitrogens is 1. The third kappa shape index (κ3) is 3.66. The molecule has 0 fully saturated rings. The second-order valence-electron chi connectivity index (χ2n) is 1.95. The van der Waals surface area contributed by atoms with Crippen LogP contribution in [-0.4, -0.2) is 21.3 Å². The molecule has 0 saturated carbocycles. The van der Waals surface area contributed by atoms with E-state index in [1.165, 1.54) is 6.21 Å². The van der Waals surface area contributed by atoms with Crippen molar-refractivity contribution in [1.82, 2.24) is 4.98 Å². The second-order valence-corrected chi connectivity index (χ2v) is 1.95. The lowest BCUT2D eigenvalue weighted by Gasteiger charge is -1.93. The van der Waals surface area contributed by atoms with Gasteiger partial charge in [-0.15, -0.1) is 0 Å². The van der Waals surface area contributed by atoms with Crippen LogP contribution in [0.25, 0.3) is 0 Å². The van der Waals surface area contributed by atoms with Crippen LogP contribution >= 0.6 is 22.6 Å². The molecule has 1 N–H and O–H groups in total. The summed E-state index contributed by atoms with van der Waals surface area (Å²) in [5, 5.41) is 11.1. The number of nitrogens with zero attached hydrogens (tertiary/aromatic N) is 2. The molecule has 66 valence electrons. The van der Waals surface area contributed by atoms with Crippen LogP contribution in [0, 0.1) is 6.92 Å². The molecule has 0 saturated heterocycles. The van der Waals surface area contributed by atoms with E-state index in [-0.39, 0.29) is 0 Å². The van der Waals surface area contributed by atoms with Crippen molar-refractivity contribution in [3.05, 3.63) is 29.6 Å². The molecule has 3 nitrogen and oxygen atoms in total. The Balaban J connectivity index is 0.000000561. The van der Waals surface area contributed by atoms with E-state index in [0.29, 0.717) is 5.69 Å². The van der Waals surface area contributed by atoms with Gasteiger partial charge in [0.25, 0.3) is 0 Å². The monoisotopic (exact) mass is 278 g/mol. The van der Waals surface area contributed by atoms with Gasteiger partial charge in [0.15, 0.2) is 0 Å². The van der Waals surface area contributed by atoms with Crippen molar-refractivity contribution >= 4 is 28.8 Å². The van der Waals surface area contributed by atoms with Crippen molar-refractivity contribution in [3.63, 3.8) is 0 Å². The first-order valence-electron chi connectivity index (χ1n) is 3.31. The number of aryl methyl sites for hydroxylation is 1. The Labute approximate surface area is 85.7 Å². The van der Waals surface area contributed by atoms with Crippen LogP contribution in [0.4, 0.5) is 0 Å². The van der Waals surface area contributed by atoms with Crippen LogP contribution in [-0.2, 0) is 0 Å². The van der Waals surface area contributed by atoms with Gasteiger partial charge in [0, 0.05) is 6.20 Å². The highest BCUT2D eigenvalue weighted by Crippen LogP contribution is 1.98. The molecule has 1 heterocycles. The third-order valence-electron chi connectivity index (χ3n) is 1.23. The number of hydrogen-bond donors (Lipinski definition) is 1. The molecular weight excluding hydrogens is 267 g/mol. The van der Waals surface area contributed by atoms with Gasteiger partial charge in [-0.05, 0) is 23.5 Å². The molecule has 0 spiro atoms. The second kappa shape index (κ2) is 7.02. The molecule has 0 atom stereocenters. The standard InChI is InChI=1S/C7H8N2O.CH3I/c1-6-3-2-4-8-7(6)5-9-10;1-2/h2-5,10H,1H3;1H3. The number of rotatable bonds is 1. The lowest BCUT2D eigenvalue weighted by atomic mass is 10.2. The van der Waals surface area contributed by atoms with Crippen LogP contribution in [0.5, 0.6) is 0 Å². The van der Waals surface area contributed by atoms with Gasteiger partial charge in [0.05, 0.1) is 11.9 Å². The maximum absolute atomic E-state index is 8.17. The minimum absolute atomic E-state index is 0.699. The molecule has 0 aliphatic heterocycles. The fourth-order valence-electron chi connectivity index (χ4n) is 0.688. The molecule has 0 amide bonds. The normalized spacial score (nSPS) is 9.25. The van der Waals surface area contributed by atoms with Crippen molar-refractivity contribution in [2.45, 2.75) is 6.92 Å². The van der Waals surface area contributed by atoms with Crippen LogP contribution in [0.1, 0.15) is 11.3 Å². The van der Waals surface area contributed by atoms with Crippen molar-refractivity contribution in [2.75, 3.05) is 4.93 Å². The number of pyridine rings is 1. The zero-order valence-electron chi connectivity index (χ0n) is 7.03. The minimum atomic E-state index is 0.699. The summed E-state index contributed by atoms with van der Waals surface area (Å²) in [6.45, 7) is 1.91. The summed E-state index contributed by atoms with van der Waals surface area (Å²) in [6, 6.07) is 3.74. The van der Waals surface area contributed by atoms with E-state index < -0.39 is 0 Å². The van der Waals surface area contributed by atoms with Crippen LogP contribution in [0.15, 0.2) is 23.5 Å². The maximum atomic E-state index is 8.17. The Morgan fingerprint density at radius 1 is 1.58 bits per heavy atom. The number of alkyl halides is 1. The highest BCUT2D eigenvalue weighted by Gasteiger charge is 1.91. The van der Waals surface area contributed by atoms with E-state index in [0.717, 1.165) is 5.56 Å². The molecule has 1 rings (SSSR count). The van der Waals surface area contributed by atoms with Crippen LogP contribution < -0.4 is 0 Å². The quantitative estimate of drug-likeness (QED) is 0.281. The van der Waals surface area contributed by atoms with Gasteiger partial charge in [-0.25, -0.2) is 0 Å². The van der Waals surface area contributed by atoms with Gasteiger partial charge in [0.2, 0.25) is 0 Å². The first-order valence-corrected chi connectivity index (χ1v) is 5.47. The molecule has 0 aromatic carbocycles. The van der Waals surface area contributed by atoms with E-state index in [1.807, 2.05) is 24.0 Å². The molecule has 0 radical (unpaired) electrons. The largest absolute Gasteiger partial charge is 0.411 e. The summed E-state index contributed by atoms with van der Waals surface area (Å²) < 4.78 is 0. The lowest BCUT2D eigenvalue weighted by molar-refractivity contribution is 0.321. The first-order chi connectivity index (χ1) is 5.84. The SMILES string of the molecule is CI.Cc1cccnc1C=NO. The van der Waals surface area contributed by atoms with E-state index in [2.05, 4.69) is 32.7 Å². The molecule has 0 aliphatic rings. The minimum Gasteiger partial charge on any atom is -0.411 e. The smallest absolute Gasteiger partial charge is 0.0920 e. The molecule has 12 heavy (non-hydrogen) atoms. The molecule has 1 aromatic rings. The molecule has 0 aliphatic carbocycles.